The zero-order chi connectivity index (χ0) is 15.8. The average molecular weight is 295 g/mol. The Balaban J connectivity index is 2.49. The van der Waals surface area contributed by atoms with E-state index in [2.05, 4.69) is 56.3 Å². The van der Waals surface area contributed by atoms with Crippen LogP contribution in [0, 0.1) is 17.2 Å². The third kappa shape index (κ3) is 3.27. The minimum atomic E-state index is -0.400. The van der Waals surface area contributed by atoms with Crippen LogP contribution >= 0.6 is 0 Å². The topological polar surface area (TPSA) is 23.8 Å². The van der Waals surface area contributed by atoms with Crippen LogP contribution in [0.15, 0.2) is 42.0 Å². The van der Waals surface area contributed by atoms with Gasteiger partial charge in [0.15, 0.2) is 0 Å². The van der Waals surface area contributed by atoms with Crippen molar-refractivity contribution in [2.75, 3.05) is 0 Å². The van der Waals surface area contributed by atoms with Crippen LogP contribution in [0.3, 0.4) is 0 Å². The van der Waals surface area contributed by atoms with E-state index in [4.69, 9.17) is 0 Å². The minimum Gasteiger partial charge on any atom is -0.197 e. The summed E-state index contributed by atoms with van der Waals surface area (Å²) >= 11 is 0. The molecule has 1 aliphatic carbocycles. The first-order valence-electron chi connectivity index (χ1n) is 8.95. The number of unbranched alkanes of at least 4 members (excludes halogenated alkanes) is 1. The van der Waals surface area contributed by atoms with Crippen LogP contribution in [-0.2, 0) is 5.41 Å². The van der Waals surface area contributed by atoms with Crippen molar-refractivity contribution in [3.8, 4) is 6.07 Å². The van der Waals surface area contributed by atoms with E-state index in [1.165, 1.54) is 30.4 Å². The molecule has 1 nitrogen and oxygen atoms in total. The molecule has 22 heavy (non-hydrogen) atoms. The first kappa shape index (κ1) is 16.8. The highest BCUT2D eigenvalue weighted by Crippen LogP contribution is 2.47. The SMILES string of the molecule is CCCCC(CCC)C(C#N)(C1=CCCC1)c1ccccc1. The molecular formula is C21H29N. The van der Waals surface area contributed by atoms with Crippen LogP contribution < -0.4 is 0 Å². The Labute approximate surface area is 136 Å². The number of rotatable bonds is 8. The number of hydrogen-bond acceptors (Lipinski definition) is 1. The molecule has 0 aromatic heterocycles. The van der Waals surface area contributed by atoms with Gasteiger partial charge in [0.25, 0.3) is 0 Å². The maximum absolute atomic E-state index is 10.3. The predicted octanol–water partition coefficient (Wildman–Crippen LogP) is 6.16. The van der Waals surface area contributed by atoms with Gasteiger partial charge < -0.3 is 0 Å². The first-order chi connectivity index (χ1) is 10.8. The summed E-state index contributed by atoms with van der Waals surface area (Å²) in [6.45, 7) is 4.49. The molecule has 2 unspecified atom stereocenters. The van der Waals surface area contributed by atoms with Crippen LogP contribution in [0.4, 0.5) is 0 Å². The molecule has 0 N–H and O–H groups in total. The molecule has 2 rings (SSSR count). The normalized spacial score (nSPS) is 18.3. The van der Waals surface area contributed by atoms with Crippen molar-refractivity contribution < 1.29 is 0 Å². The van der Waals surface area contributed by atoms with Crippen molar-refractivity contribution in [1.29, 1.82) is 5.26 Å². The molecule has 0 saturated carbocycles. The Morgan fingerprint density at radius 2 is 1.91 bits per heavy atom. The molecule has 0 bridgehead atoms. The van der Waals surface area contributed by atoms with Crippen LogP contribution in [0.2, 0.25) is 0 Å². The summed E-state index contributed by atoms with van der Waals surface area (Å²) in [7, 11) is 0. The molecule has 0 spiro atoms. The third-order valence-corrected chi connectivity index (χ3v) is 5.11. The van der Waals surface area contributed by atoms with E-state index in [1.807, 2.05) is 0 Å². The molecule has 0 aliphatic heterocycles. The number of nitrogens with zero attached hydrogens (tertiary/aromatic N) is 1. The lowest BCUT2D eigenvalue weighted by Crippen LogP contribution is -2.36. The van der Waals surface area contributed by atoms with Gasteiger partial charge in [-0.25, -0.2) is 0 Å². The Hall–Kier alpha value is -1.55. The highest BCUT2D eigenvalue weighted by atomic mass is 14.5. The zero-order valence-corrected chi connectivity index (χ0v) is 14.1. The smallest absolute Gasteiger partial charge is 0.106 e. The van der Waals surface area contributed by atoms with Crippen molar-refractivity contribution in [3.05, 3.63) is 47.5 Å². The lowest BCUT2D eigenvalue weighted by Gasteiger charge is -2.37. The van der Waals surface area contributed by atoms with Gasteiger partial charge in [-0.15, -0.1) is 0 Å². The molecule has 1 aromatic carbocycles. The first-order valence-corrected chi connectivity index (χ1v) is 8.95. The van der Waals surface area contributed by atoms with Gasteiger partial charge in [0.1, 0.15) is 5.41 Å². The van der Waals surface area contributed by atoms with E-state index >= 15 is 0 Å². The molecule has 1 aromatic rings. The molecule has 118 valence electrons. The fourth-order valence-electron chi connectivity index (χ4n) is 4.02. The van der Waals surface area contributed by atoms with Gasteiger partial charge in [-0.2, -0.15) is 5.26 Å². The van der Waals surface area contributed by atoms with Gasteiger partial charge in [0.2, 0.25) is 0 Å². The van der Waals surface area contributed by atoms with E-state index in [0.29, 0.717) is 5.92 Å². The van der Waals surface area contributed by atoms with Gasteiger partial charge in [-0.05, 0) is 49.2 Å². The standard InChI is InChI=1S/C21H29N/c1-3-5-12-18(11-4-2)21(17-22,20-15-9-10-16-20)19-13-7-6-8-14-19/h6-8,13-15,18H,3-5,9-12,16H2,1-2H3. The van der Waals surface area contributed by atoms with Crippen molar-refractivity contribution in [2.45, 2.75) is 70.6 Å². The van der Waals surface area contributed by atoms with E-state index in [1.54, 1.807) is 0 Å². The maximum Gasteiger partial charge on any atom is 0.106 e. The highest BCUT2D eigenvalue weighted by Gasteiger charge is 2.43. The fourth-order valence-corrected chi connectivity index (χ4v) is 4.02. The Bertz CT molecular complexity index is 523. The molecule has 1 aliphatic rings. The van der Waals surface area contributed by atoms with E-state index in [9.17, 15) is 5.26 Å². The van der Waals surface area contributed by atoms with Gasteiger partial charge in [0.05, 0.1) is 6.07 Å². The second-order valence-electron chi connectivity index (χ2n) is 6.54. The molecule has 0 radical (unpaired) electrons. The summed E-state index contributed by atoms with van der Waals surface area (Å²) in [6.07, 6.45) is 11.7. The maximum atomic E-state index is 10.3. The van der Waals surface area contributed by atoms with Gasteiger partial charge in [0, 0.05) is 0 Å². The van der Waals surface area contributed by atoms with E-state index in [0.717, 1.165) is 32.1 Å². The molecular weight excluding hydrogens is 266 g/mol. The summed E-state index contributed by atoms with van der Waals surface area (Å²) < 4.78 is 0. The number of hydrogen-bond donors (Lipinski definition) is 0. The largest absolute Gasteiger partial charge is 0.197 e. The van der Waals surface area contributed by atoms with Crippen LogP contribution in [0.1, 0.15) is 70.8 Å². The Kier molecular flexibility index (Phi) is 6.25. The number of allylic oxidation sites excluding steroid dienone is 2. The van der Waals surface area contributed by atoms with Gasteiger partial charge in [-0.3, -0.25) is 0 Å². The predicted molar refractivity (Wildman–Crippen MR) is 93.6 cm³/mol. The lowest BCUT2D eigenvalue weighted by molar-refractivity contribution is 0.321. The summed E-state index contributed by atoms with van der Waals surface area (Å²) in [6, 6.07) is 13.3. The van der Waals surface area contributed by atoms with Gasteiger partial charge in [-0.1, -0.05) is 69.5 Å². The Morgan fingerprint density at radius 3 is 2.45 bits per heavy atom. The van der Waals surface area contributed by atoms with Crippen LogP contribution in [0.5, 0.6) is 0 Å². The van der Waals surface area contributed by atoms with Crippen LogP contribution in [-0.4, -0.2) is 0 Å². The zero-order valence-electron chi connectivity index (χ0n) is 14.1. The summed E-state index contributed by atoms with van der Waals surface area (Å²) in [5.41, 5.74) is 2.19. The average Bonchev–Trinajstić information content (AvgIpc) is 3.09. The van der Waals surface area contributed by atoms with Crippen molar-refractivity contribution in [3.63, 3.8) is 0 Å². The lowest BCUT2D eigenvalue weighted by atomic mass is 9.63. The quantitative estimate of drug-likeness (QED) is 0.526. The number of nitriles is 1. The minimum absolute atomic E-state index is 0.400. The molecule has 2 atom stereocenters. The summed E-state index contributed by atoms with van der Waals surface area (Å²) in [4.78, 5) is 0. The molecule has 0 saturated heterocycles. The fraction of sp³-hybridized carbons (Fsp3) is 0.571. The van der Waals surface area contributed by atoms with Crippen molar-refractivity contribution in [1.82, 2.24) is 0 Å². The third-order valence-electron chi connectivity index (χ3n) is 5.11. The second-order valence-corrected chi connectivity index (χ2v) is 6.54. The monoisotopic (exact) mass is 295 g/mol. The van der Waals surface area contributed by atoms with E-state index in [-0.39, 0.29) is 0 Å². The summed E-state index contributed by atoms with van der Waals surface area (Å²) in [5, 5.41) is 10.3. The van der Waals surface area contributed by atoms with Crippen molar-refractivity contribution in [2.24, 2.45) is 5.92 Å². The van der Waals surface area contributed by atoms with E-state index < -0.39 is 5.41 Å². The molecule has 0 amide bonds. The molecule has 1 heteroatoms. The molecule has 0 heterocycles. The van der Waals surface area contributed by atoms with Gasteiger partial charge >= 0.3 is 0 Å². The van der Waals surface area contributed by atoms with Crippen LogP contribution in [0.25, 0.3) is 0 Å². The summed E-state index contributed by atoms with van der Waals surface area (Å²) in [5.74, 6) is 0.439. The second kappa shape index (κ2) is 8.18. The number of benzene rings is 1. The Morgan fingerprint density at radius 1 is 1.14 bits per heavy atom. The van der Waals surface area contributed by atoms with Crippen molar-refractivity contribution >= 4 is 0 Å². The highest BCUT2D eigenvalue weighted by molar-refractivity contribution is 5.46. The molecule has 0 fully saturated rings.